The number of carbonyl (C=O) groups excluding carboxylic acids is 1. The summed E-state index contributed by atoms with van der Waals surface area (Å²) >= 11 is 0. The average Bonchev–Trinajstić information content (AvgIpc) is 3.46. The van der Waals surface area contributed by atoms with Gasteiger partial charge in [-0.05, 0) is 49.8 Å². The zero-order chi connectivity index (χ0) is 19.6. The summed E-state index contributed by atoms with van der Waals surface area (Å²) in [4.78, 5) is 24.2. The SMILES string of the molecule is Cc1ccc(S(=O)(=O)N2CCCCC2)cc1C(=O)NC(CC1CC1)C(=O)O. The van der Waals surface area contributed by atoms with Crippen LogP contribution in [0, 0.1) is 12.8 Å². The Morgan fingerprint density at radius 1 is 1.22 bits per heavy atom. The Bertz CT molecular complexity index is 827. The Morgan fingerprint density at radius 2 is 1.89 bits per heavy atom. The third-order valence-electron chi connectivity index (χ3n) is 5.28. The molecule has 1 amide bonds. The van der Waals surface area contributed by atoms with E-state index < -0.39 is 27.9 Å². The van der Waals surface area contributed by atoms with Crippen molar-refractivity contribution in [1.82, 2.24) is 9.62 Å². The van der Waals surface area contributed by atoms with E-state index in [-0.39, 0.29) is 10.5 Å². The number of aliphatic carboxylic acids is 1. The lowest BCUT2D eigenvalue weighted by Crippen LogP contribution is -2.41. The van der Waals surface area contributed by atoms with Crippen molar-refractivity contribution in [3.8, 4) is 0 Å². The van der Waals surface area contributed by atoms with Crippen molar-refractivity contribution in [2.75, 3.05) is 13.1 Å². The van der Waals surface area contributed by atoms with Gasteiger partial charge in [-0.3, -0.25) is 4.79 Å². The minimum atomic E-state index is -3.65. The summed E-state index contributed by atoms with van der Waals surface area (Å²) < 4.78 is 27.2. The van der Waals surface area contributed by atoms with Gasteiger partial charge in [-0.25, -0.2) is 13.2 Å². The van der Waals surface area contributed by atoms with E-state index in [0.717, 1.165) is 32.1 Å². The van der Waals surface area contributed by atoms with Crippen LogP contribution in [0.4, 0.5) is 0 Å². The highest BCUT2D eigenvalue weighted by Crippen LogP contribution is 2.33. The summed E-state index contributed by atoms with van der Waals surface area (Å²) in [6.07, 6.45) is 5.07. The van der Waals surface area contributed by atoms with E-state index in [4.69, 9.17) is 0 Å². The number of hydrogen-bond acceptors (Lipinski definition) is 4. The van der Waals surface area contributed by atoms with Crippen LogP contribution in [-0.2, 0) is 14.8 Å². The van der Waals surface area contributed by atoms with Crippen LogP contribution in [0.5, 0.6) is 0 Å². The number of nitrogens with one attached hydrogen (secondary N) is 1. The van der Waals surface area contributed by atoms with Crippen molar-refractivity contribution in [2.24, 2.45) is 5.92 Å². The molecule has 0 radical (unpaired) electrons. The highest BCUT2D eigenvalue weighted by molar-refractivity contribution is 7.89. The Labute approximate surface area is 159 Å². The van der Waals surface area contributed by atoms with Crippen molar-refractivity contribution in [2.45, 2.75) is 56.4 Å². The van der Waals surface area contributed by atoms with Crippen LogP contribution in [0.1, 0.15) is 54.4 Å². The number of rotatable bonds is 7. The number of sulfonamides is 1. The molecule has 1 saturated heterocycles. The molecule has 2 aliphatic rings. The van der Waals surface area contributed by atoms with Gasteiger partial charge in [0.2, 0.25) is 10.0 Å². The van der Waals surface area contributed by atoms with E-state index in [1.54, 1.807) is 13.0 Å². The fourth-order valence-electron chi connectivity index (χ4n) is 3.40. The number of hydrogen-bond donors (Lipinski definition) is 2. The number of aryl methyl sites for hydroxylation is 1. The van der Waals surface area contributed by atoms with Gasteiger partial charge < -0.3 is 10.4 Å². The van der Waals surface area contributed by atoms with Gasteiger partial charge in [-0.1, -0.05) is 25.3 Å². The van der Waals surface area contributed by atoms with E-state index in [1.807, 2.05) is 0 Å². The maximum atomic E-state index is 12.9. The first-order valence-electron chi connectivity index (χ1n) is 9.43. The van der Waals surface area contributed by atoms with Crippen LogP contribution in [0.15, 0.2) is 23.1 Å². The first kappa shape index (κ1) is 19.8. The van der Waals surface area contributed by atoms with Crippen LogP contribution >= 0.6 is 0 Å². The lowest BCUT2D eigenvalue weighted by atomic mass is 10.1. The quantitative estimate of drug-likeness (QED) is 0.737. The van der Waals surface area contributed by atoms with Gasteiger partial charge in [0.1, 0.15) is 6.04 Å². The number of carbonyl (C=O) groups is 2. The summed E-state index contributed by atoms with van der Waals surface area (Å²) in [6, 6.07) is 3.52. The molecule has 27 heavy (non-hydrogen) atoms. The lowest BCUT2D eigenvalue weighted by Gasteiger charge is -2.26. The first-order chi connectivity index (χ1) is 12.8. The number of carboxylic acid groups (broad SMARTS) is 1. The van der Waals surface area contributed by atoms with Gasteiger partial charge in [-0.15, -0.1) is 0 Å². The molecular weight excluding hydrogens is 368 g/mol. The summed E-state index contributed by atoms with van der Waals surface area (Å²) in [5.74, 6) is -1.26. The van der Waals surface area contributed by atoms with Crippen molar-refractivity contribution >= 4 is 21.9 Å². The van der Waals surface area contributed by atoms with Crippen molar-refractivity contribution < 1.29 is 23.1 Å². The Balaban J connectivity index is 1.81. The Kier molecular flexibility index (Phi) is 5.86. The minimum Gasteiger partial charge on any atom is -0.480 e. The number of amides is 1. The Morgan fingerprint density at radius 3 is 2.48 bits per heavy atom. The summed E-state index contributed by atoms with van der Waals surface area (Å²) in [6.45, 7) is 2.68. The smallest absolute Gasteiger partial charge is 0.326 e. The van der Waals surface area contributed by atoms with Gasteiger partial charge in [0.15, 0.2) is 0 Å². The van der Waals surface area contributed by atoms with Gasteiger partial charge in [0.05, 0.1) is 4.90 Å². The van der Waals surface area contributed by atoms with Crippen LogP contribution in [0.2, 0.25) is 0 Å². The minimum absolute atomic E-state index is 0.0780. The molecule has 2 N–H and O–H groups in total. The van der Waals surface area contributed by atoms with Crippen molar-refractivity contribution in [3.63, 3.8) is 0 Å². The molecule has 0 aromatic heterocycles. The van der Waals surface area contributed by atoms with Crippen molar-refractivity contribution in [1.29, 1.82) is 0 Å². The van der Waals surface area contributed by atoms with E-state index in [2.05, 4.69) is 5.32 Å². The molecule has 1 unspecified atom stereocenters. The normalized spacial score (nSPS) is 19.4. The number of benzene rings is 1. The highest BCUT2D eigenvalue weighted by Gasteiger charge is 2.31. The van der Waals surface area contributed by atoms with Gasteiger partial charge in [-0.2, -0.15) is 4.31 Å². The van der Waals surface area contributed by atoms with E-state index >= 15 is 0 Å². The average molecular weight is 394 g/mol. The van der Waals surface area contributed by atoms with Crippen LogP contribution in [0.25, 0.3) is 0 Å². The monoisotopic (exact) mass is 394 g/mol. The lowest BCUT2D eigenvalue weighted by molar-refractivity contribution is -0.139. The number of nitrogens with zero attached hydrogens (tertiary/aromatic N) is 1. The molecule has 8 heteroatoms. The number of piperidine rings is 1. The fraction of sp³-hybridized carbons (Fsp3) is 0.579. The maximum Gasteiger partial charge on any atom is 0.326 e. The van der Waals surface area contributed by atoms with E-state index in [9.17, 15) is 23.1 Å². The summed E-state index contributed by atoms with van der Waals surface area (Å²) in [5.41, 5.74) is 0.816. The van der Waals surface area contributed by atoms with Crippen LogP contribution in [0.3, 0.4) is 0 Å². The molecule has 1 atom stereocenters. The molecule has 1 aliphatic heterocycles. The van der Waals surface area contributed by atoms with Crippen molar-refractivity contribution in [3.05, 3.63) is 29.3 Å². The Hall–Kier alpha value is -1.93. The van der Waals surface area contributed by atoms with Gasteiger partial charge >= 0.3 is 5.97 Å². The molecule has 2 fully saturated rings. The summed E-state index contributed by atoms with van der Waals surface area (Å²) in [5, 5.41) is 11.9. The second kappa shape index (κ2) is 7.98. The second-order valence-electron chi connectivity index (χ2n) is 7.48. The molecule has 0 spiro atoms. The first-order valence-corrected chi connectivity index (χ1v) is 10.9. The molecule has 1 heterocycles. The molecule has 148 valence electrons. The molecule has 3 rings (SSSR count). The van der Waals surface area contributed by atoms with Gasteiger partial charge in [0.25, 0.3) is 5.91 Å². The van der Waals surface area contributed by atoms with E-state index in [0.29, 0.717) is 31.0 Å². The highest BCUT2D eigenvalue weighted by atomic mass is 32.2. The molecule has 1 aromatic rings. The standard InChI is InChI=1S/C19H26N2O5S/c1-13-5-8-15(27(25,26)21-9-3-2-4-10-21)12-16(13)18(22)20-17(19(23)24)11-14-6-7-14/h5,8,12,14,17H,2-4,6-7,9-11H2,1H3,(H,20,22)(H,23,24). The van der Waals surface area contributed by atoms with Crippen LogP contribution < -0.4 is 5.32 Å². The third kappa shape index (κ3) is 4.68. The van der Waals surface area contributed by atoms with Crippen LogP contribution in [-0.4, -0.2) is 48.8 Å². The van der Waals surface area contributed by atoms with Gasteiger partial charge in [0, 0.05) is 18.7 Å². The molecular formula is C19H26N2O5S. The van der Waals surface area contributed by atoms with E-state index in [1.165, 1.54) is 16.4 Å². The second-order valence-corrected chi connectivity index (χ2v) is 9.42. The zero-order valence-corrected chi connectivity index (χ0v) is 16.3. The largest absolute Gasteiger partial charge is 0.480 e. The third-order valence-corrected chi connectivity index (χ3v) is 7.17. The zero-order valence-electron chi connectivity index (χ0n) is 15.5. The fourth-order valence-corrected chi connectivity index (χ4v) is 4.95. The molecule has 1 saturated carbocycles. The molecule has 1 aromatic carbocycles. The molecule has 1 aliphatic carbocycles. The topological polar surface area (TPSA) is 104 Å². The predicted octanol–water partition coefficient (Wildman–Crippen LogP) is 2.15. The molecule has 0 bridgehead atoms. The molecule has 7 nitrogen and oxygen atoms in total. The summed E-state index contributed by atoms with van der Waals surface area (Å²) in [7, 11) is -3.65. The number of carboxylic acids is 1. The predicted molar refractivity (Wildman–Crippen MR) is 100 cm³/mol. The maximum absolute atomic E-state index is 12.9.